The van der Waals surface area contributed by atoms with E-state index < -0.39 is 0 Å². The van der Waals surface area contributed by atoms with E-state index in [1.54, 1.807) is 12.3 Å². The first-order chi connectivity index (χ1) is 9.67. The minimum absolute atomic E-state index is 0.136. The van der Waals surface area contributed by atoms with Crippen LogP contribution < -0.4 is 0 Å². The fourth-order valence-electron chi connectivity index (χ4n) is 2.35. The molecule has 20 heavy (non-hydrogen) atoms. The quantitative estimate of drug-likeness (QED) is 0.872. The highest BCUT2D eigenvalue weighted by molar-refractivity contribution is 5.51. The summed E-state index contributed by atoms with van der Waals surface area (Å²) < 4.78 is 5.30. The molecule has 1 unspecified atom stereocenters. The summed E-state index contributed by atoms with van der Waals surface area (Å²) in [5.74, 6) is 1.10. The minimum Gasteiger partial charge on any atom is -0.356 e. The third kappa shape index (κ3) is 2.31. The van der Waals surface area contributed by atoms with Gasteiger partial charge in [-0.3, -0.25) is 4.90 Å². The highest BCUT2D eigenvalue weighted by Crippen LogP contribution is 2.24. The van der Waals surface area contributed by atoms with E-state index in [0.717, 1.165) is 19.6 Å². The van der Waals surface area contributed by atoms with E-state index in [9.17, 15) is 0 Å². The second-order valence-electron chi connectivity index (χ2n) is 5.13. The molecule has 1 aliphatic heterocycles. The molecule has 0 amide bonds. The van der Waals surface area contributed by atoms with Crippen LogP contribution in [0.5, 0.6) is 0 Å². The summed E-state index contributed by atoms with van der Waals surface area (Å²) in [6, 6.07) is 3.90. The van der Waals surface area contributed by atoms with Crippen molar-refractivity contribution in [2.75, 3.05) is 33.7 Å². The van der Waals surface area contributed by atoms with E-state index >= 15 is 0 Å². The van der Waals surface area contributed by atoms with E-state index in [4.69, 9.17) is 9.78 Å². The maximum absolute atomic E-state index is 8.82. The summed E-state index contributed by atoms with van der Waals surface area (Å²) in [7, 11) is 4.15. The first kappa shape index (κ1) is 12.8. The highest BCUT2D eigenvalue weighted by Gasteiger charge is 2.28. The van der Waals surface area contributed by atoms with Crippen LogP contribution in [0.15, 0.2) is 16.8 Å². The summed E-state index contributed by atoms with van der Waals surface area (Å²) in [6.45, 7) is 2.90. The largest absolute Gasteiger partial charge is 0.356 e. The molecule has 0 radical (unpaired) electrons. The van der Waals surface area contributed by atoms with E-state index in [1.165, 1.54) is 0 Å². The number of rotatable bonds is 2. The van der Waals surface area contributed by atoms with Crippen molar-refractivity contribution >= 4 is 0 Å². The van der Waals surface area contributed by atoms with Gasteiger partial charge in [0, 0.05) is 25.8 Å². The Kier molecular flexibility index (Phi) is 3.26. The van der Waals surface area contributed by atoms with E-state index in [2.05, 4.69) is 45.1 Å². The molecule has 104 valence electrons. The van der Waals surface area contributed by atoms with Crippen molar-refractivity contribution in [2.45, 2.75) is 6.04 Å². The maximum Gasteiger partial charge on any atom is 0.274 e. The molecule has 2 aromatic heterocycles. The molecule has 0 aliphatic carbocycles. The molecule has 2 aromatic rings. The molecule has 1 N–H and O–H groups in total. The number of aromatic nitrogens is 3. The molecule has 3 rings (SSSR count). The molecule has 7 nitrogen and oxygen atoms in total. The number of aromatic amines is 1. The molecule has 1 atom stereocenters. The van der Waals surface area contributed by atoms with Crippen LogP contribution >= 0.6 is 0 Å². The molecule has 0 aromatic carbocycles. The first-order valence-electron chi connectivity index (χ1n) is 6.48. The smallest absolute Gasteiger partial charge is 0.274 e. The number of likely N-dealkylation sites (N-methyl/N-ethyl adjacent to an activating group) is 2. The Labute approximate surface area is 116 Å². The van der Waals surface area contributed by atoms with Gasteiger partial charge in [0.25, 0.3) is 5.89 Å². The maximum atomic E-state index is 8.82. The average Bonchev–Trinajstić information content (AvgIpc) is 3.09. The molecule has 0 bridgehead atoms. The third-order valence-corrected chi connectivity index (χ3v) is 3.63. The van der Waals surface area contributed by atoms with Crippen molar-refractivity contribution in [3.05, 3.63) is 23.7 Å². The lowest BCUT2D eigenvalue weighted by molar-refractivity contribution is 0.108. The van der Waals surface area contributed by atoms with E-state index in [1.807, 2.05) is 0 Å². The van der Waals surface area contributed by atoms with Gasteiger partial charge in [0.2, 0.25) is 0 Å². The topological polar surface area (TPSA) is 85.0 Å². The molecule has 1 fully saturated rings. The zero-order valence-corrected chi connectivity index (χ0v) is 11.5. The van der Waals surface area contributed by atoms with E-state index in [-0.39, 0.29) is 6.04 Å². The standard InChI is InChI=1S/C13H16N6O/c1-18-3-4-19(2)11(8-18)12-16-13(20-17-12)10-5-9(6-14)7-15-10/h5,7,11,15H,3-4,8H2,1-2H3. The normalized spacial score (nSPS) is 20.9. The Hall–Kier alpha value is -2.17. The van der Waals surface area contributed by atoms with Gasteiger partial charge in [0.15, 0.2) is 5.82 Å². The molecular formula is C13H16N6O. The van der Waals surface area contributed by atoms with Gasteiger partial charge in [-0.15, -0.1) is 0 Å². The number of hydrogen-bond acceptors (Lipinski definition) is 6. The lowest BCUT2D eigenvalue weighted by atomic mass is 10.2. The van der Waals surface area contributed by atoms with Crippen LogP contribution in [0.25, 0.3) is 11.6 Å². The highest BCUT2D eigenvalue weighted by atomic mass is 16.5. The monoisotopic (exact) mass is 272 g/mol. The van der Waals surface area contributed by atoms with Gasteiger partial charge in [-0.25, -0.2) is 0 Å². The van der Waals surface area contributed by atoms with Crippen LogP contribution in [0, 0.1) is 11.3 Å². The number of piperazine rings is 1. The van der Waals surface area contributed by atoms with Crippen LogP contribution in [0.4, 0.5) is 0 Å². The van der Waals surface area contributed by atoms with Crippen molar-refractivity contribution in [1.82, 2.24) is 24.9 Å². The summed E-state index contributed by atoms with van der Waals surface area (Å²) in [6.07, 6.45) is 1.62. The molecule has 1 aliphatic rings. The van der Waals surface area contributed by atoms with Crippen LogP contribution in [0.3, 0.4) is 0 Å². The van der Waals surface area contributed by atoms with Crippen LogP contribution in [0.2, 0.25) is 0 Å². The number of nitriles is 1. The van der Waals surface area contributed by atoms with Gasteiger partial charge in [0.1, 0.15) is 11.8 Å². The minimum atomic E-state index is 0.136. The van der Waals surface area contributed by atoms with E-state index in [0.29, 0.717) is 23.0 Å². The molecular weight excluding hydrogens is 256 g/mol. The summed E-state index contributed by atoms with van der Waals surface area (Å²) in [5, 5.41) is 12.9. The Morgan fingerprint density at radius 3 is 3.05 bits per heavy atom. The number of nitrogens with zero attached hydrogens (tertiary/aromatic N) is 5. The van der Waals surface area contributed by atoms with Crippen molar-refractivity contribution < 1.29 is 4.52 Å². The Morgan fingerprint density at radius 1 is 1.45 bits per heavy atom. The molecule has 1 saturated heterocycles. The number of H-pyrrole nitrogens is 1. The van der Waals surface area contributed by atoms with Gasteiger partial charge in [0.05, 0.1) is 11.6 Å². The van der Waals surface area contributed by atoms with Crippen molar-refractivity contribution in [2.24, 2.45) is 0 Å². The molecule has 7 heteroatoms. The van der Waals surface area contributed by atoms with Crippen LogP contribution in [0.1, 0.15) is 17.4 Å². The summed E-state index contributed by atoms with van der Waals surface area (Å²) in [5.41, 5.74) is 1.22. The van der Waals surface area contributed by atoms with Gasteiger partial charge >= 0.3 is 0 Å². The fraction of sp³-hybridized carbons (Fsp3) is 0.462. The molecule has 0 spiro atoms. The second kappa shape index (κ2) is 5.07. The predicted octanol–water partition coefficient (Wildman–Crippen LogP) is 0.855. The zero-order valence-electron chi connectivity index (χ0n) is 11.5. The van der Waals surface area contributed by atoms with Gasteiger partial charge in [-0.1, -0.05) is 5.16 Å². The Morgan fingerprint density at radius 2 is 2.30 bits per heavy atom. The Balaban J connectivity index is 1.84. The van der Waals surface area contributed by atoms with Gasteiger partial charge in [-0.2, -0.15) is 10.2 Å². The molecule has 3 heterocycles. The first-order valence-corrected chi connectivity index (χ1v) is 6.48. The Bertz CT molecular complexity index is 639. The van der Waals surface area contributed by atoms with Crippen molar-refractivity contribution in [1.29, 1.82) is 5.26 Å². The van der Waals surface area contributed by atoms with Crippen molar-refractivity contribution in [3.8, 4) is 17.7 Å². The second-order valence-corrected chi connectivity index (χ2v) is 5.13. The average molecular weight is 272 g/mol. The van der Waals surface area contributed by atoms with Crippen molar-refractivity contribution in [3.63, 3.8) is 0 Å². The van der Waals surface area contributed by atoms with Crippen LogP contribution in [-0.4, -0.2) is 58.7 Å². The summed E-state index contributed by atoms with van der Waals surface area (Å²) in [4.78, 5) is 11.9. The zero-order chi connectivity index (χ0) is 14.1. The summed E-state index contributed by atoms with van der Waals surface area (Å²) >= 11 is 0. The number of hydrogen-bond donors (Lipinski definition) is 1. The van der Waals surface area contributed by atoms with Gasteiger partial charge in [-0.05, 0) is 20.2 Å². The van der Waals surface area contributed by atoms with Gasteiger partial charge < -0.3 is 14.4 Å². The lowest BCUT2D eigenvalue weighted by Crippen LogP contribution is -2.45. The predicted molar refractivity (Wildman–Crippen MR) is 71.7 cm³/mol. The SMILES string of the molecule is CN1CCN(C)C(c2noc(-c3cc(C#N)c[nH]3)n2)C1. The van der Waals surface area contributed by atoms with Crippen LogP contribution in [-0.2, 0) is 0 Å². The number of nitrogens with one attached hydrogen (secondary N) is 1. The lowest BCUT2D eigenvalue weighted by Gasteiger charge is -2.35. The third-order valence-electron chi connectivity index (χ3n) is 3.63. The fourth-order valence-corrected chi connectivity index (χ4v) is 2.35. The molecule has 0 saturated carbocycles.